The molecule has 0 bridgehead atoms. The van der Waals surface area contributed by atoms with E-state index in [9.17, 15) is 4.79 Å². The second kappa shape index (κ2) is 7.81. The van der Waals surface area contributed by atoms with Gasteiger partial charge in [0.15, 0.2) is 0 Å². The Morgan fingerprint density at radius 2 is 1.31 bits per heavy atom. The highest BCUT2D eigenvalue weighted by molar-refractivity contribution is 6.21. The molecule has 0 aliphatic rings. The minimum Gasteiger partial charge on any atom is -0.423 e. The summed E-state index contributed by atoms with van der Waals surface area (Å²) in [5.41, 5.74) is 5.75. The number of benzene rings is 3. The van der Waals surface area contributed by atoms with Crippen molar-refractivity contribution in [2.45, 2.75) is 26.2 Å². The van der Waals surface area contributed by atoms with E-state index in [-0.39, 0.29) is 5.41 Å². The van der Waals surface area contributed by atoms with E-state index in [1.54, 1.807) is 30.6 Å². The fraction of sp³-hybridized carbons (Fsp3) is 0.138. The molecular formula is C29H22N4O2. The van der Waals surface area contributed by atoms with Crippen LogP contribution in [0.2, 0.25) is 0 Å². The zero-order valence-electron chi connectivity index (χ0n) is 19.6. The molecule has 0 saturated heterocycles. The van der Waals surface area contributed by atoms with E-state index >= 15 is 0 Å². The summed E-state index contributed by atoms with van der Waals surface area (Å²) in [6, 6.07) is 20.7. The Hall–Kier alpha value is -4.45. The van der Waals surface area contributed by atoms with Crippen molar-refractivity contribution in [3.8, 4) is 5.75 Å². The summed E-state index contributed by atoms with van der Waals surface area (Å²) in [6.07, 6.45) is 3.50. The molecule has 6 heteroatoms. The van der Waals surface area contributed by atoms with Crippen LogP contribution in [-0.4, -0.2) is 25.9 Å². The summed E-state index contributed by atoms with van der Waals surface area (Å²) in [6.45, 7) is 6.43. The number of carbonyl (C=O) groups is 1. The number of fused-ring (bicyclic) bond motifs is 7. The average molecular weight is 459 g/mol. The van der Waals surface area contributed by atoms with E-state index in [1.807, 2.05) is 48.5 Å². The Morgan fingerprint density at radius 1 is 0.714 bits per heavy atom. The lowest BCUT2D eigenvalue weighted by Crippen LogP contribution is -2.12. The van der Waals surface area contributed by atoms with Gasteiger partial charge in [-0.1, -0.05) is 45.0 Å². The topological polar surface area (TPSA) is 77.9 Å². The Bertz CT molecular complexity index is 1770. The van der Waals surface area contributed by atoms with Gasteiger partial charge < -0.3 is 4.74 Å². The molecule has 6 nitrogen and oxygen atoms in total. The summed E-state index contributed by atoms with van der Waals surface area (Å²) < 4.78 is 5.62. The summed E-state index contributed by atoms with van der Waals surface area (Å²) in [5.74, 6) is 0.0564. The molecule has 3 aromatic carbocycles. The highest BCUT2D eigenvalue weighted by Crippen LogP contribution is 2.32. The van der Waals surface area contributed by atoms with E-state index in [1.165, 1.54) is 5.56 Å². The van der Waals surface area contributed by atoms with Crippen LogP contribution in [0.5, 0.6) is 5.75 Å². The molecule has 0 radical (unpaired) electrons. The molecule has 6 aromatic rings. The highest BCUT2D eigenvalue weighted by Gasteiger charge is 2.17. The molecule has 3 aromatic heterocycles. The minimum atomic E-state index is -0.444. The average Bonchev–Trinajstić information content (AvgIpc) is 2.87. The van der Waals surface area contributed by atoms with Crippen molar-refractivity contribution in [2.24, 2.45) is 0 Å². The van der Waals surface area contributed by atoms with E-state index in [0.29, 0.717) is 33.4 Å². The molecule has 35 heavy (non-hydrogen) atoms. The number of hydrogen-bond acceptors (Lipinski definition) is 6. The number of pyridine rings is 2. The maximum absolute atomic E-state index is 12.9. The fourth-order valence-corrected chi connectivity index (χ4v) is 4.32. The number of esters is 1. The van der Waals surface area contributed by atoms with E-state index in [4.69, 9.17) is 14.7 Å². The van der Waals surface area contributed by atoms with Crippen LogP contribution in [0.3, 0.4) is 0 Å². The Kier molecular flexibility index (Phi) is 4.71. The highest BCUT2D eigenvalue weighted by atomic mass is 16.5. The number of aromatic nitrogens is 4. The van der Waals surface area contributed by atoms with Crippen molar-refractivity contribution in [1.29, 1.82) is 0 Å². The molecule has 3 heterocycles. The first-order chi connectivity index (χ1) is 16.9. The largest absolute Gasteiger partial charge is 0.423 e. The van der Waals surface area contributed by atoms with Crippen LogP contribution in [0.25, 0.3) is 43.9 Å². The van der Waals surface area contributed by atoms with Gasteiger partial charge in [-0.2, -0.15) is 0 Å². The van der Waals surface area contributed by atoms with Gasteiger partial charge >= 0.3 is 5.97 Å². The van der Waals surface area contributed by atoms with E-state index in [2.05, 4.69) is 30.7 Å². The second-order valence-electron chi connectivity index (χ2n) is 9.59. The first kappa shape index (κ1) is 21.1. The lowest BCUT2D eigenvalue weighted by atomic mass is 9.87. The molecule has 0 saturated carbocycles. The number of rotatable bonds is 2. The Morgan fingerprint density at radius 3 is 1.91 bits per heavy atom. The van der Waals surface area contributed by atoms with Gasteiger partial charge in [0.1, 0.15) is 16.8 Å². The zero-order chi connectivity index (χ0) is 24.2. The molecule has 170 valence electrons. The summed E-state index contributed by atoms with van der Waals surface area (Å²) >= 11 is 0. The summed E-state index contributed by atoms with van der Waals surface area (Å²) in [4.78, 5) is 31.8. The molecule has 0 amide bonds. The molecule has 0 atom stereocenters. The van der Waals surface area contributed by atoms with Crippen molar-refractivity contribution >= 4 is 49.8 Å². The zero-order valence-corrected chi connectivity index (χ0v) is 19.6. The molecule has 0 unspecified atom stereocenters. The van der Waals surface area contributed by atoms with Gasteiger partial charge in [0.05, 0.1) is 27.6 Å². The van der Waals surface area contributed by atoms with Gasteiger partial charge in [-0.05, 0) is 53.4 Å². The Balaban J connectivity index is 1.44. The van der Waals surface area contributed by atoms with Gasteiger partial charge in [-0.15, -0.1) is 0 Å². The smallest absolute Gasteiger partial charge is 0.343 e. The van der Waals surface area contributed by atoms with E-state index < -0.39 is 5.97 Å². The van der Waals surface area contributed by atoms with E-state index in [0.717, 1.165) is 21.8 Å². The molecular weight excluding hydrogens is 436 g/mol. The van der Waals surface area contributed by atoms with Crippen LogP contribution >= 0.6 is 0 Å². The maximum atomic E-state index is 12.9. The molecule has 0 fully saturated rings. The third-order valence-electron chi connectivity index (χ3n) is 6.19. The van der Waals surface area contributed by atoms with Crippen LogP contribution in [0.4, 0.5) is 0 Å². The van der Waals surface area contributed by atoms with Crippen molar-refractivity contribution in [3.63, 3.8) is 0 Å². The predicted octanol–water partition coefficient (Wildman–Crippen LogP) is 6.40. The third-order valence-corrected chi connectivity index (χ3v) is 6.19. The van der Waals surface area contributed by atoms with Crippen LogP contribution in [0.15, 0.2) is 79.1 Å². The quantitative estimate of drug-likeness (QED) is 0.129. The number of hydrogen-bond donors (Lipinski definition) is 0. The number of nitrogens with zero attached hydrogens (tertiary/aromatic N) is 4. The maximum Gasteiger partial charge on any atom is 0.343 e. The first-order valence-electron chi connectivity index (χ1n) is 11.4. The van der Waals surface area contributed by atoms with Crippen molar-refractivity contribution < 1.29 is 9.53 Å². The standard InChI is InChI=1S/C29H22N4O2/c1-29(2,3)18-9-11-19(12-10-18)35-28(34)17-8-13-22-23(16-17)33-27-25-21(7-5-15-31-25)20-6-4-14-30-24(20)26(27)32-22/h4-16H,1-3H3. The lowest BCUT2D eigenvalue weighted by molar-refractivity contribution is 0.0735. The number of carbonyl (C=O) groups excluding carboxylic acids is 1. The lowest BCUT2D eigenvalue weighted by Gasteiger charge is -2.19. The van der Waals surface area contributed by atoms with Gasteiger partial charge in [-0.3, -0.25) is 9.97 Å². The third kappa shape index (κ3) is 3.64. The molecule has 0 N–H and O–H groups in total. The Labute approximate surface area is 201 Å². The monoisotopic (exact) mass is 458 g/mol. The van der Waals surface area contributed by atoms with Gasteiger partial charge in [-0.25, -0.2) is 14.8 Å². The number of ether oxygens (including phenoxy) is 1. The SMILES string of the molecule is CC(C)(C)c1ccc(OC(=O)c2ccc3nc4c5ncccc5c5cccnc5c4nc3c2)cc1. The molecule has 0 aliphatic carbocycles. The van der Waals surface area contributed by atoms with Crippen LogP contribution < -0.4 is 4.74 Å². The normalized spacial score (nSPS) is 12.0. The van der Waals surface area contributed by atoms with Gasteiger partial charge in [0, 0.05) is 23.2 Å². The summed E-state index contributed by atoms with van der Waals surface area (Å²) in [7, 11) is 0. The van der Waals surface area contributed by atoms with Crippen LogP contribution in [0, 0.1) is 0 Å². The van der Waals surface area contributed by atoms with Crippen molar-refractivity contribution in [3.05, 3.63) is 90.3 Å². The van der Waals surface area contributed by atoms with Crippen molar-refractivity contribution in [2.75, 3.05) is 0 Å². The fourth-order valence-electron chi connectivity index (χ4n) is 4.32. The van der Waals surface area contributed by atoms with Gasteiger partial charge in [0.2, 0.25) is 0 Å². The van der Waals surface area contributed by atoms with Crippen molar-refractivity contribution in [1.82, 2.24) is 19.9 Å². The summed E-state index contributed by atoms with van der Waals surface area (Å²) in [5, 5.41) is 1.94. The van der Waals surface area contributed by atoms with Gasteiger partial charge in [0.25, 0.3) is 0 Å². The molecule has 0 spiro atoms. The predicted molar refractivity (Wildman–Crippen MR) is 138 cm³/mol. The molecule has 0 aliphatic heterocycles. The first-order valence-corrected chi connectivity index (χ1v) is 11.4. The second-order valence-corrected chi connectivity index (χ2v) is 9.59. The van der Waals surface area contributed by atoms with Crippen LogP contribution in [0.1, 0.15) is 36.7 Å². The van der Waals surface area contributed by atoms with Crippen LogP contribution in [-0.2, 0) is 5.41 Å². The minimum absolute atomic E-state index is 0.0300. The molecule has 6 rings (SSSR count).